The quantitative estimate of drug-likeness (QED) is 0.318. The Bertz CT molecular complexity index is 521. The zero-order valence-corrected chi connectivity index (χ0v) is 8.02. The third kappa shape index (κ3) is 2.17. The van der Waals surface area contributed by atoms with Crippen LogP contribution in [0, 0.1) is 0 Å². The van der Waals surface area contributed by atoms with E-state index in [9.17, 15) is 18.3 Å². The maximum absolute atomic E-state index is 10.7. The van der Waals surface area contributed by atoms with Crippen molar-refractivity contribution in [1.82, 2.24) is 0 Å². The summed E-state index contributed by atoms with van der Waals surface area (Å²) in [5.41, 5.74) is 4.28. The molecule has 0 aliphatic heterocycles. The minimum absolute atomic E-state index is 0.442. The van der Waals surface area contributed by atoms with E-state index in [0.29, 0.717) is 6.07 Å². The molecule has 15 heavy (non-hydrogen) atoms. The average Bonchev–Trinajstić information content (AvgIpc) is 2.06. The van der Waals surface area contributed by atoms with Gasteiger partial charge in [-0.15, -0.1) is 0 Å². The second-order valence-corrected chi connectivity index (χ2v) is 4.08. The Morgan fingerprint density at radius 1 is 1.33 bits per heavy atom. The van der Waals surface area contributed by atoms with Crippen LogP contribution in [0.1, 0.15) is 10.4 Å². The first-order chi connectivity index (χ1) is 6.73. The first-order valence-electron chi connectivity index (χ1n) is 3.56. The van der Waals surface area contributed by atoms with E-state index < -0.39 is 38.0 Å². The van der Waals surface area contributed by atoms with Gasteiger partial charge in [-0.05, 0) is 12.1 Å². The molecule has 0 aliphatic rings. The number of carboxylic acids is 1. The van der Waals surface area contributed by atoms with Gasteiger partial charge in [0.2, 0.25) is 0 Å². The molecule has 1 rings (SSSR count). The fraction of sp³-hybridized carbons (Fsp3) is 0. The Hall–Kier alpha value is -1.80. The van der Waals surface area contributed by atoms with Gasteiger partial charge < -0.3 is 15.9 Å². The number of hydrogen-bond donors (Lipinski definition) is 4. The topological polar surface area (TPSA) is 138 Å². The molecule has 1 aromatic rings. The van der Waals surface area contributed by atoms with Crippen molar-refractivity contribution in [3.05, 3.63) is 17.7 Å². The van der Waals surface area contributed by atoms with E-state index in [2.05, 4.69) is 0 Å². The van der Waals surface area contributed by atoms with Gasteiger partial charge in [-0.2, -0.15) is 8.42 Å². The predicted octanol–water partition coefficient (Wildman–Crippen LogP) is -0.0807. The molecule has 0 heterocycles. The van der Waals surface area contributed by atoms with E-state index >= 15 is 0 Å². The van der Waals surface area contributed by atoms with Crippen LogP contribution in [-0.4, -0.2) is 29.2 Å². The highest BCUT2D eigenvalue weighted by Gasteiger charge is 2.20. The Labute approximate surface area is 84.5 Å². The first-order valence-corrected chi connectivity index (χ1v) is 5.00. The lowest BCUT2D eigenvalue weighted by Crippen LogP contribution is -2.05. The van der Waals surface area contributed by atoms with Gasteiger partial charge in [0.25, 0.3) is 10.1 Å². The van der Waals surface area contributed by atoms with Gasteiger partial charge >= 0.3 is 5.97 Å². The van der Waals surface area contributed by atoms with E-state index in [1.54, 1.807) is 0 Å². The number of benzene rings is 1. The molecule has 0 radical (unpaired) electrons. The Balaban J connectivity index is 3.59. The summed E-state index contributed by atoms with van der Waals surface area (Å²) in [7, 11) is -4.71. The summed E-state index contributed by atoms with van der Waals surface area (Å²) in [6, 6.07) is 1.50. The Kier molecular flexibility index (Phi) is 2.56. The highest BCUT2D eigenvalue weighted by molar-refractivity contribution is 7.86. The van der Waals surface area contributed by atoms with Gasteiger partial charge in [-0.1, -0.05) is 0 Å². The molecule has 5 N–H and O–H groups in total. The van der Waals surface area contributed by atoms with Gasteiger partial charge in [0.15, 0.2) is 5.75 Å². The molecule has 0 fully saturated rings. The smallest absolute Gasteiger partial charge is 0.335 e. The van der Waals surface area contributed by atoms with Crippen molar-refractivity contribution in [1.29, 1.82) is 0 Å². The van der Waals surface area contributed by atoms with Crippen molar-refractivity contribution in [2.75, 3.05) is 5.73 Å². The van der Waals surface area contributed by atoms with E-state index in [1.165, 1.54) is 0 Å². The molecule has 0 aliphatic carbocycles. The van der Waals surface area contributed by atoms with Crippen LogP contribution in [0.15, 0.2) is 17.0 Å². The Morgan fingerprint density at radius 2 is 1.87 bits per heavy atom. The van der Waals surface area contributed by atoms with Crippen LogP contribution in [0.5, 0.6) is 5.75 Å². The molecule has 82 valence electrons. The number of anilines is 1. The minimum atomic E-state index is -4.71. The fourth-order valence-corrected chi connectivity index (χ4v) is 1.59. The molecule has 1 aromatic carbocycles. The zero-order valence-electron chi connectivity index (χ0n) is 7.21. The third-order valence-electron chi connectivity index (χ3n) is 1.63. The zero-order chi connectivity index (χ0) is 11.8. The largest absolute Gasteiger partial charge is 0.504 e. The van der Waals surface area contributed by atoms with Crippen molar-refractivity contribution in [2.24, 2.45) is 0 Å². The lowest BCUT2D eigenvalue weighted by molar-refractivity contribution is 0.0696. The van der Waals surface area contributed by atoms with Gasteiger partial charge in [-0.3, -0.25) is 4.55 Å². The number of nitrogen functional groups attached to an aromatic ring is 1. The number of aromatic carboxylic acids is 1. The lowest BCUT2D eigenvalue weighted by atomic mass is 10.2. The molecular weight excluding hydrogens is 226 g/mol. The molecule has 0 bridgehead atoms. The van der Waals surface area contributed by atoms with Gasteiger partial charge in [0.1, 0.15) is 4.90 Å². The molecule has 0 atom stereocenters. The van der Waals surface area contributed by atoms with Gasteiger partial charge in [-0.25, -0.2) is 4.79 Å². The van der Waals surface area contributed by atoms with Gasteiger partial charge in [0.05, 0.1) is 11.3 Å². The second-order valence-electron chi connectivity index (χ2n) is 2.69. The van der Waals surface area contributed by atoms with Crippen molar-refractivity contribution in [3.8, 4) is 5.75 Å². The summed E-state index contributed by atoms with van der Waals surface area (Å²) >= 11 is 0. The molecular formula is C7H7NO6S. The molecule has 0 amide bonds. The highest BCUT2D eigenvalue weighted by atomic mass is 32.2. The molecule has 0 saturated heterocycles. The van der Waals surface area contributed by atoms with E-state index in [4.69, 9.17) is 15.4 Å². The predicted molar refractivity (Wildman–Crippen MR) is 49.3 cm³/mol. The molecule has 0 unspecified atom stereocenters. The summed E-state index contributed by atoms with van der Waals surface area (Å²) < 4.78 is 30.1. The number of nitrogens with two attached hydrogens (primary N) is 1. The van der Waals surface area contributed by atoms with Crippen LogP contribution < -0.4 is 5.73 Å². The normalized spacial score (nSPS) is 11.3. The van der Waals surface area contributed by atoms with E-state index in [-0.39, 0.29) is 0 Å². The number of hydrogen-bond acceptors (Lipinski definition) is 5. The lowest BCUT2D eigenvalue weighted by Gasteiger charge is -2.05. The van der Waals surface area contributed by atoms with Crippen LogP contribution in [0.3, 0.4) is 0 Å². The minimum Gasteiger partial charge on any atom is -0.504 e. The summed E-state index contributed by atoms with van der Waals surface area (Å²) in [6.07, 6.45) is 0. The summed E-state index contributed by atoms with van der Waals surface area (Å²) in [5.74, 6) is -2.30. The van der Waals surface area contributed by atoms with Crippen molar-refractivity contribution in [2.45, 2.75) is 4.90 Å². The molecule has 0 spiro atoms. The maximum Gasteiger partial charge on any atom is 0.335 e. The van der Waals surface area contributed by atoms with Gasteiger partial charge in [0, 0.05) is 0 Å². The van der Waals surface area contributed by atoms with E-state index in [1.807, 2.05) is 0 Å². The molecule has 0 saturated carbocycles. The van der Waals surface area contributed by atoms with E-state index in [0.717, 1.165) is 6.07 Å². The van der Waals surface area contributed by atoms with Crippen LogP contribution in [0.25, 0.3) is 0 Å². The average molecular weight is 233 g/mol. The molecule has 8 heteroatoms. The van der Waals surface area contributed by atoms with Crippen LogP contribution >= 0.6 is 0 Å². The monoisotopic (exact) mass is 233 g/mol. The third-order valence-corrected chi connectivity index (χ3v) is 2.50. The fourth-order valence-electron chi connectivity index (χ4n) is 0.950. The molecule has 0 aromatic heterocycles. The number of aromatic hydroxyl groups is 1. The van der Waals surface area contributed by atoms with Crippen LogP contribution in [0.2, 0.25) is 0 Å². The number of phenols is 1. The van der Waals surface area contributed by atoms with Crippen LogP contribution in [0.4, 0.5) is 5.69 Å². The Morgan fingerprint density at radius 3 is 2.27 bits per heavy atom. The number of phenolic OH excluding ortho intramolecular Hbond substituents is 1. The number of carboxylic acid groups (broad SMARTS) is 1. The van der Waals surface area contributed by atoms with Crippen molar-refractivity contribution < 1.29 is 28.0 Å². The maximum atomic E-state index is 10.7. The highest BCUT2D eigenvalue weighted by Crippen LogP contribution is 2.30. The number of rotatable bonds is 2. The standard InChI is InChI=1S/C7H7NO6S/c8-4-1-3(7(10)11)2-5(6(4)9)15(12,13)14/h1-2,9H,8H2,(H,10,11)(H,12,13,14). The van der Waals surface area contributed by atoms with Crippen molar-refractivity contribution in [3.63, 3.8) is 0 Å². The summed E-state index contributed by atoms with van der Waals surface area (Å²) in [5, 5.41) is 17.8. The van der Waals surface area contributed by atoms with Crippen LogP contribution in [-0.2, 0) is 10.1 Å². The summed E-state index contributed by atoms with van der Waals surface area (Å²) in [4.78, 5) is 9.60. The SMILES string of the molecule is Nc1cc(C(=O)O)cc(S(=O)(=O)O)c1O. The second kappa shape index (κ2) is 3.41. The van der Waals surface area contributed by atoms with Crippen molar-refractivity contribution >= 4 is 21.8 Å². The molecule has 7 nitrogen and oxygen atoms in total. The number of carbonyl (C=O) groups is 1. The summed E-state index contributed by atoms with van der Waals surface area (Å²) in [6.45, 7) is 0. The first kappa shape index (κ1) is 11.3.